The number of rotatable bonds is 3. The van der Waals surface area contributed by atoms with Gasteiger partial charge in [-0.25, -0.2) is 0 Å². The highest BCUT2D eigenvalue weighted by atomic mass is 32.1. The summed E-state index contributed by atoms with van der Waals surface area (Å²) in [7, 11) is 0. The number of aliphatic hydroxyl groups is 1. The number of thiophene rings is 1. The molecule has 0 bridgehead atoms. The molecule has 3 heterocycles. The van der Waals surface area contributed by atoms with E-state index in [9.17, 15) is 24.6 Å². The van der Waals surface area contributed by atoms with Crippen molar-refractivity contribution in [1.82, 2.24) is 10.2 Å². The summed E-state index contributed by atoms with van der Waals surface area (Å²) in [4.78, 5) is 40.2. The molecule has 5 atom stereocenters. The summed E-state index contributed by atoms with van der Waals surface area (Å²) in [5.41, 5.74) is -2.66. The van der Waals surface area contributed by atoms with Gasteiger partial charge in [-0.1, -0.05) is 6.07 Å². The van der Waals surface area contributed by atoms with Crippen LogP contribution in [-0.4, -0.2) is 50.1 Å². The minimum atomic E-state index is -1.90. The molecule has 25 heavy (non-hydrogen) atoms. The molecule has 2 aliphatic heterocycles. The average Bonchev–Trinajstić information content (AvgIpc) is 3.15. The second-order valence-electron chi connectivity index (χ2n) is 7.67. The molecule has 3 rings (SSSR count). The number of aliphatic carboxylic acids is 1. The van der Waals surface area contributed by atoms with Gasteiger partial charge in [0, 0.05) is 10.4 Å². The van der Waals surface area contributed by atoms with Gasteiger partial charge in [0.2, 0.25) is 11.8 Å². The number of fused-ring (bicyclic) bond motifs is 1. The molecule has 2 aliphatic rings. The van der Waals surface area contributed by atoms with Crippen LogP contribution in [0.1, 0.15) is 38.6 Å². The minimum absolute atomic E-state index is 0.392. The fraction of sp³-hybridized carbons (Fsp3) is 0.588. The van der Waals surface area contributed by atoms with Crippen LogP contribution in [0.2, 0.25) is 0 Å². The van der Waals surface area contributed by atoms with Gasteiger partial charge in [-0.05, 0) is 39.1 Å². The highest BCUT2D eigenvalue weighted by Crippen LogP contribution is 2.52. The number of amides is 2. The first kappa shape index (κ1) is 18.0. The van der Waals surface area contributed by atoms with Gasteiger partial charge in [0.25, 0.3) is 0 Å². The fourth-order valence-corrected chi connectivity index (χ4v) is 4.90. The summed E-state index contributed by atoms with van der Waals surface area (Å²) in [6, 6.07) is 2.99. The Morgan fingerprint density at radius 2 is 2.00 bits per heavy atom. The molecule has 2 saturated heterocycles. The highest BCUT2D eigenvalue weighted by molar-refractivity contribution is 7.10. The maximum absolute atomic E-state index is 13.1. The maximum atomic E-state index is 13.1. The molecule has 0 radical (unpaired) electrons. The SMILES string of the molecule is CC(O)C1(C(=O)O)NC(c2cccs2)C2C(=O)N(C(C)(C)C)C(=O)C21. The van der Waals surface area contributed by atoms with Crippen LogP contribution >= 0.6 is 11.3 Å². The molecule has 1 aromatic heterocycles. The Kier molecular flexibility index (Phi) is 4.05. The summed E-state index contributed by atoms with van der Waals surface area (Å²) in [6.45, 7) is 6.55. The van der Waals surface area contributed by atoms with Gasteiger partial charge in [-0.3, -0.25) is 24.6 Å². The van der Waals surface area contributed by atoms with Crippen molar-refractivity contribution >= 4 is 29.1 Å². The quantitative estimate of drug-likeness (QED) is 0.689. The lowest BCUT2D eigenvalue weighted by molar-refractivity contribution is -0.158. The van der Waals surface area contributed by atoms with Gasteiger partial charge in [-0.15, -0.1) is 11.3 Å². The number of nitrogens with zero attached hydrogens (tertiary/aromatic N) is 1. The zero-order valence-corrected chi connectivity index (χ0v) is 15.3. The summed E-state index contributed by atoms with van der Waals surface area (Å²) in [5.74, 6) is -4.26. The van der Waals surface area contributed by atoms with E-state index in [4.69, 9.17) is 0 Å². The number of carbonyl (C=O) groups is 3. The molecule has 1 aromatic rings. The Balaban J connectivity index is 2.19. The number of imide groups is 1. The second kappa shape index (κ2) is 5.62. The number of carboxylic acid groups (broad SMARTS) is 1. The Hall–Kier alpha value is -1.77. The number of nitrogens with one attached hydrogen (secondary N) is 1. The molecule has 0 saturated carbocycles. The van der Waals surface area contributed by atoms with Gasteiger partial charge in [0.1, 0.15) is 0 Å². The predicted octanol–water partition coefficient (Wildman–Crippen LogP) is 0.996. The first-order valence-corrected chi connectivity index (χ1v) is 9.02. The third-order valence-electron chi connectivity index (χ3n) is 5.13. The topological polar surface area (TPSA) is 107 Å². The van der Waals surface area contributed by atoms with E-state index in [1.165, 1.54) is 18.3 Å². The highest BCUT2D eigenvalue weighted by Gasteiger charge is 2.71. The lowest BCUT2D eigenvalue weighted by Crippen LogP contribution is -2.63. The van der Waals surface area contributed by atoms with Crippen molar-refractivity contribution in [2.45, 2.75) is 50.9 Å². The summed E-state index contributed by atoms with van der Waals surface area (Å²) >= 11 is 1.39. The Labute approximate surface area is 149 Å². The van der Waals surface area contributed by atoms with Crippen LogP contribution in [0.25, 0.3) is 0 Å². The van der Waals surface area contributed by atoms with Crippen molar-refractivity contribution in [2.75, 3.05) is 0 Å². The van der Waals surface area contributed by atoms with E-state index in [0.29, 0.717) is 0 Å². The molecule has 2 amide bonds. The predicted molar refractivity (Wildman–Crippen MR) is 90.8 cm³/mol. The van der Waals surface area contributed by atoms with Gasteiger partial charge < -0.3 is 10.2 Å². The van der Waals surface area contributed by atoms with E-state index in [2.05, 4.69) is 5.32 Å². The molecular formula is C17H22N2O5S. The fourth-order valence-electron chi connectivity index (χ4n) is 4.07. The molecule has 0 aliphatic carbocycles. The number of carboxylic acids is 1. The molecule has 7 nitrogen and oxygen atoms in total. The van der Waals surface area contributed by atoms with Gasteiger partial charge >= 0.3 is 5.97 Å². The van der Waals surface area contributed by atoms with Crippen molar-refractivity contribution < 1.29 is 24.6 Å². The van der Waals surface area contributed by atoms with E-state index in [-0.39, 0.29) is 0 Å². The lowest BCUT2D eigenvalue weighted by atomic mass is 9.77. The third-order valence-corrected chi connectivity index (χ3v) is 6.08. The molecule has 8 heteroatoms. The Morgan fingerprint density at radius 1 is 1.36 bits per heavy atom. The summed E-state index contributed by atoms with van der Waals surface area (Å²) in [6.07, 6.45) is -1.35. The van der Waals surface area contributed by atoms with Crippen LogP contribution in [0.4, 0.5) is 0 Å². The van der Waals surface area contributed by atoms with E-state index in [1.807, 2.05) is 11.4 Å². The summed E-state index contributed by atoms with van der Waals surface area (Å²) in [5, 5.41) is 25.0. The number of aliphatic hydroxyl groups excluding tert-OH is 1. The molecular weight excluding hydrogens is 344 g/mol. The molecule has 0 spiro atoms. The average molecular weight is 366 g/mol. The second-order valence-corrected chi connectivity index (χ2v) is 8.65. The molecule has 0 aromatic carbocycles. The van der Waals surface area contributed by atoms with Crippen molar-refractivity contribution in [3.8, 4) is 0 Å². The monoisotopic (exact) mass is 366 g/mol. The third kappa shape index (κ3) is 2.35. The minimum Gasteiger partial charge on any atom is -0.480 e. The van der Waals surface area contributed by atoms with Gasteiger partial charge in [0.05, 0.1) is 24.0 Å². The first-order chi connectivity index (χ1) is 11.5. The number of likely N-dealkylation sites (tertiary alicyclic amines) is 1. The standard InChI is InChI=1S/C17H22N2O5S/c1-8(20)17(15(23)24)11-10(12(18-17)9-6-5-7-25-9)13(21)19(14(11)22)16(2,3)4/h5-8,10-12,18,20H,1-4H3,(H,23,24). The number of hydrogen-bond donors (Lipinski definition) is 3. The van der Waals surface area contributed by atoms with Crippen LogP contribution in [0, 0.1) is 11.8 Å². The normalized spacial score (nSPS) is 33.6. The molecule has 136 valence electrons. The largest absolute Gasteiger partial charge is 0.480 e. The van der Waals surface area contributed by atoms with Crippen LogP contribution in [-0.2, 0) is 14.4 Å². The summed E-state index contributed by atoms with van der Waals surface area (Å²) < 4.78 is 0. The maximum Gasteiger partial charge on any atom is 0.327 e. The van der Waals surface area contributed by atoms with Gasteiger partial charge in [-0.2, -0.15) is 0 Å². The first-order valence-electron chi connectivity index (χ1n) is 8.14. The van der Waals surface area contributed by atoms with Crippen LogP contribution in [0.15, 0.2) is 17.5 Å². The smallest absolute Gasteiger partial charge is 0.327 e. The Morgan fingerprint density at radius 3 is 2.44 bits per heavy atom. The van der Waals surface area contributed by atoms with Crippen molar-refractivity contribution in [3.63, 3.8) is 0 Å². The molecule has 2 fully saturated rings. The molecule has 3 N–H and O–H groups in total. The van der Waals surface area contributed by atoms with Crippen molar-refractivity contribution in [2.24, 2.45) is 11.8 Å². The van der Waals surface area contributed by atoms with Crippen LogP contribution in [0.3, 0.4) is 0 Å². The van der Waals surface area contributed by atoms with Crippen LogP contribution in [0.5, 0.6) is 0 Å². The van der Waals surface area contributed by atoms with Gasteiger partial charge in [0.15, 0.2) is 5.54 Å². The zero-order valence-electron chi connectivity index (χ0n) is 14.5. The van der Waals surface area contributed by atoms with E-state index in [1.54, 1.807) is 26.8 Å². The Bertz CT molecular complexity index is 724. The number of hydrogen-bond acceptors (Lipinski definition) is 6. The van der Waals surface area contributed by atoms with E-state index >= 15 is 0 Å². The van der Waals surface area contributed by atoms with E-state index < -0.39 is 52.8 Å². The van der Waals surface area contributed by atoms with E-state index in [0.717, 1.165) is 9.78 Å². The number of carbonyl (C=O) groups excluding carboxylic acids is 2. The van der Waals surface area contributed by atoms with Crippen LogP contribution < -0.4 is 5.32 Å². The van der Waals surface area contributed by atoms with Crippen molar-refractivity contribution in [1.29, 1.82) is 0 Å². The van der Waals surface area contributed by atoms with Crippen molar-refractivity contribution in [3.05, 3.63) is 22.4 Å². The lowest BCUT2D eigenvalue weighted by Gasteiger charge is -2.36. The molecule has 5 unspecified atom stereocenters. The zero-order chi connectivity index (χ0) is 18.7.